The molecule has 0 radical (unpaired) electrons. The maximum Gasteiger partial charge on any atom is 0.229 e. The van der Waals surface area contributed by atoms with E-state index >= 15 is 0 Å². The average Bonchev–Trinajstić information content (AvgIpc) is 3.23. The summed E-state index contributed by atoms with van der Waals surface area (Å²) in [6.45, 7) is 4.41. The third-order valence-electron chi connectivity index (χ3n) is 4.76. The first-order valence-electron chi connectivity index (χ1n) is 7.70. The summed E-state index contributed by atoms with van der Waals surface area (Å²) in [7, 11) is 0. The summed E-state index contributed by atoms with van der Waals surface area (Å²) in [6.07, 6.45) is 10.2. The standard InChI is InChI=1S/C16H23N3O/c1-16(2)8-4-3-5-12(16)15(20)19-14-13(11-6-7-11)17-9-10-18-14/h9-12H,3-8H2,1-2H3,(H,18,19,20). The summed E-state index contributed by atoms with van der Waals surface area (Å²) in [5.41, 5.74) is 1.05. The molecule has 0 aliphatic heterocycles. The normalized spacial score (nSPS) is 25.2. The van der Waals surface area contributed by atoms with Crippen molar-refractivity contribution in [2.75, 3.05) is 5.32 Å². The number of hydrogen-bond acceptors (Lipinski definition) is 3. The molecule has 20 heavy (non-hydrogen) atoms. The molecule has 4 heteroatoms. The molecule has 2 fully saturated rings. The molecular weight excluding hydrogens is 250 g/mol. The predicted molar refractivity (Wildman–Crippen MR) is 78.4 cm³/mol. The van der Waals surface area contributed by atoms with Gasteiger partial charge in [0, 0.05) is 24.2 Å². The monoisotopic (exact) mass is 273 g/mol. The lowest BCUT2D eigenvalue weighted by Crippen LogP contribution is -2.37. The molecule has 0 bridgehead atoms. The van der Waals surface area contributed by atoms with Crippen LogP contribution in [-0.4, -0.2) is 15.9 Å². The lowest BCUT2D eigenvalue weighted by atomic mass is 9.68. The number of carbonyl (C=O) groups excluding carboxylic acids is 1. The van der Waals surface area contributed by atoms with Crippen molar-refractivity contribution in [3.63, 3.8) is 0 Å². The molecule has 1 N–H and O–H groups in total. The maximum atomic E-state index is 12.6. The number of amides is 1. The number of carbonyl (C=O) groups is 1. The fraction of sp³-hybridized carbons (Fsp3) is 0.688. The van der Waals surface area contributed by atoms with E-state index < -0.39 is 0 Å². The summed E-state index contributed by atoms with van der Waals surface area (Å²) in [4.78, 5) is 21.3. The van der Waals surface area contributed by atoms with Crippen molar-refractivity contribution >= 4 is 11.7 Å². The van der Waals surface area contributed by atoms with Crippen molar-refractivity contribution in [1.82, 2.24) is 9.97 Å². The van der Waals surface area contributed by atoms with Gasteiger partial charge in [-0.1, -0.05) is 26.7 Å². The minimum Gasteiger partial charge on any atom is -0.309 e. The van der Waals surface area contributed by atoms with Crippen molar-refractivity contribution in [2.24, 2.45) is 11.3 Å². The highest BCUT2D eigenvalue weighted by Gasteiger charge is 2.38. The number of nitrogens with one attached hydrogen (secondary N) is 1. The number of nitrogens with zero attached hydrogens (tertiary/aromatic N) is 2. The van der Waals surface area contributed by atoms with Crippen LogP contribution in [-0.2, 0) is 4.79 Å². The zero-order chi connectivity index (χ0) is 14.2. The van der Waals surface area contributed by atoms with E-state index in [0.29, 0.717) is 11.7 Å². The minimum absolute atomic E-state index is 0.0876. The van der Waals surface area contributed by atoms with Gasteiger partial charge in [0.15, 0.2) is 5.82 Å². The average molecular weight is 273 g/mol. The quantitative estimate of drug-likeness (QED) is 0.917. The molecule has 1 heterocycles. The molecule has 1 aromatic rings. The zero-order valence-electron chi connectivity index (χ0n) is 12.4. The molecule has 1 aromatic heterocycles. The van der Waals surface area contributed by atoms with Crippen LogP contribution in [0.1, 0.15) is 64.0 Å². The first-order valence-corrected chi connectivity index (χ1v) is 7.70. The van der Waals surface area contributed by atoms with Crippen LogP contribution in [0.5, 0.6) is 0 Å². The molecule has 2 aliphatic rings. The Labute approximate surface area is 120 Å². The molecule has 0 aromatic carbocycles. The second-order valence-electron chi connectivity index (χ2n) is 6.84. The highest BCUT2D eigenvalue weighted by atomic mass is 16.2. The topological polar surface area (TPSA) is 54.9 Å². The second-order valence-corrected chi connectivity index (χ2v) is 6.84. The molecule has 2 saturated carbocycles. The van der Waals surface area contributed by atoms with Gasteiger partial charge >= 0.3 is 0 Å². The van der Waals surface area contributed by atoms with E-state index in [9.17, 15) is 4.79 Å². The van der Waals surface area contributed by atoms with Crippen molar-refractivity contribution in [1.29, 1.82) is 0 Å². The van der Waals surface area contributed by atoms with Gasteiger partial charge in [0.1, 0.15) is 0 Å². The number of aromatic nitrogens is 2. The van der Waals surface area contributed by atoms with E-state index in [4.69, 9.17) is 0 Å². The van der Waals surface area contributed by atoms with Crippen molar-refractivity contribution in [3.05, 3.63) is 18.1 Å². The van der Waals surface area contributed by atoms with Crippen LogP contribution in [0.15, 0.2) is 12.4 Å². The van der Waals surface area contributed by atoms with Crippen LogP contribution in [0.2, 0.25) is 0 Å². The molecule has 1 unspecified atom stereocenters. The first kappa shape index (κ1) is 13.5. The molecule has 3 rings (SSSR count). The summed E-state index contributed by atoms with van der Waals surface area (Å²) in [5, 5.41) is 3.04. The SMILES string of the molecule is CC1(C)CCCCC1C(=O)Nc1nccnc1C1CC1. The van der Waals surface area contributed by atoms with E-state index in [-0.39, 0.29) is 17.2 Å². The highest BCUT2D eigenvalue weighted by Crippen LogP contribution is 2.43. The highest BCUT2D eigenvalue weighted by molar-refractivity contribution is 5.92. The van der Waals surface area contributed by atoms with Gasteiger partial charge in [0.25, 0.3) is 0 Å². The Morgan fingerprint density at radius 3 is 2.65 bits per heavy atom. The Kier molecular flexibility index (Phi) is 3.48. The molecule has 1 atom stereocenters. The summed E-state index contributed by atoms with van der Waals surface area (Å²) in [5.74, 6) is 1.39. The molecule has 0 spiro atoms. The van der Waals surface area contributed by atoms with Crippen LogP contribution in [0.4, 0.5) is 5.82 Å². The van der Waals surface area contributed by atoms with Crippen molar-refractivity contribution in [2.45, 2.75) is 58.3 Å². The van der Waals surface area contributed by atoms with E-state index in [2.05, 4.69) is 29.1 Å². The summed E-state index contributed by atoms with van der Waals surface area (Å²) < 4.78 is 0. The minimum atomic E-state index is 0.0876. The summed E-state index contributed by atoms with van der Waals surface area (Å²) >= 11 is 0. The zero-order valence-corrected chi connectivity index (χ0v) is 12.4. The molecule has 4 nitrogen and oxygen atoms in total. The van der Waals surface area contributed by atoms with E-state index in [0.717, 1.165) is 37.8 Å². The number of anilines is 1. The van der Waals surface area contributed by atoms with Gasteiger partial charge in [-0.15, -0.1) is 0 Å². The second kappa shape index (κ2) is 5.15. The third kappa shape index (κ3) is 2.69. The summed E-state index contributed by atoms with van der Waals surface area (Å²) in [6, 6.07) is 0. The van der Waals surface area contributed by atoms with Crippen LogP contribution in [0.25, 0.3) is 0 Å². The Hall–Kier alpha value is -1.45. The van der Waals surface area contributed by atoms with Gasteiger partial charge in [-0.25, -0.2) is 4.98 Å². The largest absolute Gasteiger partial charge is 0.309 e. The fourth-order valence-corrected chi connectivity index (χ4v) is 3.28. The van der Waals surface area contributed by atoms with Crippen LogP contribution in [0.3, 0.4) is 0 Å². The van der Waals surface area contributed by atoms with Gasteiger partial charge in [-0.05, 0) is 31.1 Å². The van der Waals surface area contributed by atoms with Gasteiger partial charge < -0.3 is 5.32 Å². The molecule has 0 saturated heterocycles. The van der Waals surface area contributed by atoms with Crippen molar-refractivity contribution < 1.29 is 4.79 Å². The third-order valence-corrected chi connectivity index (χ3v) is 4.76. The number of rotatable bonds is 3. The molecular formula is C16H23N3O. The van der Waals surface area contributed by atoms with E-state index in [1.54, 1.807) is 12.4 Å². The Morgan fingerprint density at radius 2 is 1.95 bits per heavy atom. The van der Waals surface area contributed by atoms with Crippen molar-refractivity contribution in [3.8, 4) is 0 Å². The molecule has 1 amide bonds. The van der Waals surface area contributed by atoms with Crippen LogP contribution >= 0.6 is 0 Å². The molecule has 108 valence electrons. The van der Waals surface area contributed by atoms with Gasteiger partial charge in [0.2, 0.25) is 5.91 Å². The van der Waals surface area contributed by atoms with Crippen LogP contribution in [0, 0.1) is 11.3 Å². The van der Waals surface area contributed by atoms with Gasteiger partial charge in [0.05, 0.1) is 5.69 Å². The molecule has 2 aliphatic carbocycles. The lowest BCUT2D eigenvalue weighted by Gasteiger charge is -2.37. The lowest BCUT2D eigenvalue weighted by molar-refractivity contribution is -0.124. The van der Waals surface area contributed by atoms with Gasteiger partial charge in [-0.2, -0.15) is 0 Å². The van der Waals surface area contributed by atoms with Gasteiger partial charge in [-0.3, -0.25) is 9.78 Å². The van der Waals surface area contributed by atoms with Crippen LogP contribution < -0.4 is 5.32 Å². The van der Waals surface area contributed by atoms with E-state index in [1.807, 2.05) is 0 Å². The maximum absolute atomic E-state index is 12.6. The fourth-order valence-electron chi connectivity index (χ4n) is 3.28. The predicted octanol–water partition coefficient (Wildman–Crippen LogP) is 3.51. The van der Waals surface area contributed by atoms with E-state index in [1.165, 1.54) is 6.42 Å². The Morgan fingerprint density at radius 1 is 1.20 bits per heavy atom. The Balaban J connectivity index is 1.75. The number of hydrogen-bond donors (Lipinski definition) is 1. The smallest absolute Gasteiger partial charge is 0.229 e. The Bertz CT molecular complexity index is 508. The first-order chi connectivity index (χ1) is 9.58.